The number of aryl methyl sites for hydroxylation is 1. The molecule has 0 aliphatic carbocycles. The van der Waals surface area contributed by atoms with Gasteiger partial charge in [-0.05, 0) is 53.6 Å². The van der Waals surface area contributed by atoms with Crippen LogP contribution >= 0.6 is 0 Å². The predicted octanol–water partition coefficient (Wildman–Crippen LogP) is 4.83. The van der Waals surface area contributed by atoms with Crippen LogP contribution in [0.5, 0.6) is 0 Å². The Morgan fingerprint density at radius 3 is 2.41 bits per heavy atom. The molecule has 0 unspecified atom stereocenters. The van der Waals surface area contributed by atoms with Crippen LogP contribution in [0.4, 0.5) is 0 Å². The van der Waals surface area contributed by atoms with Crippen molar-refractivity contribution in [1.29, 1.82) is 0 Å². The minimum Gasteiger partial charge on any atom is -0.469 e. The van der Waals surface area contributed by atoms with Crippen molar-refractivity contribution >= 4 is 11.9 Å². The van der Waals surface area contributed by atoms with Gasteiger partial charge in [0, 0.05) is 12.3 Å². The highest BCUT2D eigenvalue weighted by Crippen LogP contribution is 2.28. The van der Waals surface area contributed by atoms with Crippen molar-refractivity contribution in [3.8, 4) is 11.1 Å². The molecule has 3 rings (SSSR count). The second-order valence-corrected chi connectivity index (χ2v) is 8.87. The fourth-order valence-corrected chi connectivity index (χ4v) is 4.08. The van der Waals surface area contributed by atoms with Crippen LogP contribution in [-0.2, 0) is 14.3 Å². The second-order valence-electron chi connectivity index (χ2n) is 8.87. The van der Waals surface area contributed by atoms with E-state index in [4.69, 9.17) is 4.74 Å². The fraction of sp³-hybridized carbons (Fsp3) is 0.321. The molecular weight excluding hydrogens is 428 g/mol. The number of carbonyl (C=O) groups excluding carboxylic acids is 2. The zero-order valence-corrected chi connectivity index (χ0v) is 20.2. The minimum absolute atomic E-state index is 0.0163. The van der Waals surface area contributed by atoms with Crippen molar-refractivity contribution in [3.05, 3.63) is 94.4 Å². The highest BCUT2D eigenvalue weighted by atomic mass is 16.5. The zero-order chi connectivity index (χ0) is 24.7. The molecule has 0 aliphatic heterocycles. The lowest BCUT2D eigenvalue weighted by Gasteiger charge is -2.25. The summed E-state index contributed by atoms with van der Waals surface area (Å²) < 4.78 is 6.35. The van der Waals surface area contributed by atoms with E-state index >= 15 is 0 Å². The Kier molecular flexibility index (Phi) is 8.41. The van der Waals surface area contributed by atoms with Gasteiger partial charge in [-0.1, -0.05) is 62.4 Å². The molecule has 2 aromatic carbocycles. The molecule has 34 heavy (non-hydrogen) atoms. The number of benzene rings is 2. The summed E-state index contributed by atoms with van der Waals surface area (Å²) in [6.07, 6.45) is 2.10. The molecule has 6 heteroatoms. The number of rotatable bonds is 9. The Bertz CT molecular complexity index is 1200. The summed E-state index contributed by atoms with van der Waals surface area (Å²) in [5.41, 5.74) is 3.77. The van der Waals surface area contributed by atoms with Crippen LogP contribution in [0.2, 0.25) is 0 Å². The third-order valence-corrected chi connectivity index (χ3v) is 5.84. The predicted molar refractivity (Wildman–Crippen MR) is 133 cm³/mol. The molecule has 0 aliphatic rings. The number of esters is 1. The molecule has 1 heterocycles. The van der Waals surface area contributed by atoms with Gasteiger partial charge in [-0.25, -0.2) is 0 Å². The molecule has 1 amide bonds. The average Bonchev–Trinajstić information content (AvgIpc) is 2.82. The maximum Gasteiger partial charge on any atom is 0.307 e. The van der Waals surface area contributed by atoms with E-state index in [1.165, 1.54) is 17.7 Å². The number of carbonyl (C=O) groups is 2. The Morgan fingerprint density at radius 1 is 1.00 bits per heavy atom. The molecule has 3 aromatic rings. The van der Waals surface area contributed by atoms with Crippen LogP contribution in [0.3, 0.4) is 0 Å². The number of amides is 1. The summed E-state index contributed by atoms with van der Waals surface area (Å²) in [6.45, 7) is 6.06. The van der Waals surface area contributed by atoms with E-state index in [2.05, 4.69) is 5.32 Å². The molecule has 1 N–H and O–H groups in total. The van der Waals surface area contributed by atoms with Crippen molar-refractivity contribution in [1.82, 2.24) is 9.88 Å². The number of aromatic nitrogens is 1. The zero-order valence-electron chi connectivity index (χ0n) is 20.2. The smallest absolute Gasteiger partial charge is 0.307 e. The van der Waals surface area contributed by atoms with Gasteiger partial charge in [-0.2, -0.15) is 0 Å². The van der Waals surface area contributed by atoms with Gasteiger partial charge in [0.1, 0.15) is 6.04 Å². The first kappa shape index (κ1) is 25.0. The highest BCUT2D eigenvalue weighted by molar-refractivity contribution is 5.82. The van der Waals surface area contributed by atoms with E-state index in [0.717, 1.165) is 22.3 Å². The lowest BCUT2D eigenvalue weighted by Crippen LogP contribution is -2.40. The molecular formula is C28H32N2O4. The molecule has 0 saturated heterocycles. The summed E-state index contributed by atoms with van der Waals surface area (Å²) in [5, 5.41) is 3.02. The van der Waals surface area contributed by atoms with Crippen molar-refractivity contribution in [2.24, 2.45) is 5.92 Å². The van der Waals surface area contributed by atoms with Crippen LogP contribution in [0.25, 0.3) is 11.1 Å². The maximum absolute atomic E-state index is 13.5. The van der Waals surface area contributed by atoms with E-state index in [0.29, 0.717) is 6.42 Å². The Labute approximate surface area is 200 Å². The largest absolute Gasteiger partial charge is 0.469 e. The molecule has 0 fully saturated rings. The quantitative estimate of drug-likeness (QED) is 0.464. The van der Waals surface area contributed by atoms with Gasteiger partial charge in [-0.15, -0.1) is 0 Å². The van der Waals surface area contributed by atoms with Gasteiger partial charge in [0.25, 0.3) is 5.56 Å². The monoisotopic (exact) mass is 460 g/mol. The molecule has 0 radical (unpaired) electrons. The van der Waals surface area contributed by atoms with Crippen LogP contribution in [0, 0.1) is 12.8 Å². The third-order valence-electron chi connectivity index (χ3n) is 5.84. The highest BCUT2D eigenvalue weighted by Gasteiger charge is 2.27. The first-order valence-electron chi connectivity index (χ1n) is 11.5. The fourth-order valence-electron chi connectivity index (χ4n) is 4.08. The van der Waals surface area contributed by atoms with Crippen LogP contribution in [-0.4, -0.2) is 23.6 Å². The Morgan fingerprint density at radius 2 is 1.74 bits per heavy atom. The number of hydrogen-bond donors (Lipinski definition) is 1. The van der Waals surface area contributed by atoms with Crippen LogP contribution in [0.15, 0.2) is 77.7 Å². The SMILES string of the molecule is COC(=O)C[C@H](NC(=O)[C@@H](CC(C)C)n1ccccc1=O)c1cccc(-c2ccccc2C)c1. The topological polar surface area (TPSA) is 77.4 Å². The van der Waals surface area contributed by atoms with E-state index in [-0.39, 0.29) is 23.8 Å². The van der Waals surface area contributed by atoms with Crippen LogP contribution in [0.1, 0.15) is 49.9 Å². The summed E-state index contributed by atoms with van der Waals surface area (Å²) in [5.74, 6) is -0.549. The molecule has 178 valence electrons. The average molecular weight is 461 g/mol. The van der Waals surface area contributed by atoms with Crippen molar-refractivity contribution < 1.29 is 14.3 Å². The molecule has 1 aromatic heterocycles. The lowest BCUT2D eigenvalue weighted by atomic mass is 9.95. The first-order valence-corrected chi connectivity index (χ1v) is 11.5. The van der Waals surface area contributed by atoms with Crippen molar-refractivity contribution in [2.45, 2.75) is 45.7 Å². The number of hydrogen-bond acceptors (Lipinski definition) is 4. The van der Waals surface area contributed by atoms with Crippen molar-refractivity contribution in [2.75, 3.05) is 7.11 Å². The van der Waals surface area contributed by atoms with E-state index in [1.807, 2.05) is 69.3 Å². The van der Waals surface area contributed by atoms with Gasteiger partial charge in [0.15, 0.2) is 0 Å². The van der Waals surface area contributed by atoms with Gasteiger partial charge in [0.2, 0.25) is 5.91 Å². The van der Waals surface area contributed by atoms with Gasteiger partial charge >= 0.3 is 5.97 Å². The second kappa shape index (κ2) is 11.5. The number of nitrogens with one attached hydrogen (secondary N) is 1. The lowest BCUT2D eigenvalue weighted by molar-refractivity contribution is -0.141. The maximum atomic E-state index is 13.5. The van der Waals surface area contributed by atoms with Gasteiger partial charge in [0.05, 0.1) is 19.6 Å². The molecule has 0 saturated carbocycles. The van der Waals surface area contributed by atoms with Gasteiger partial charge < -0.3 is 14.6 Å². The van der Waals surface area contributed by atoms with Gasteiger partial charge in [-0.3, -0.25) is 14.4 Å². The molecule has 0 spiro atoms. The summed E-state index contributed by atoms with van der Waals surface area (Å²) >= 11 is 0. The number of methoxy groups -OCH3 is 1. The van der Waals surface area contributed by atoms with E-state index in [9.17, 15) is 14.4 Å². The summed E-state index contributed by atoms with van der Waals surface area (Å²) in [6, 6.07) is 19.4. The Hall–Kier alpha value is -3.67. The molecule has 2 atom stereocenters. The van der Waals surface area contributed by atoms with E-state index < -0.39 is 18.1 Å². The summed E-state index contributed by atoms with van der Waals surface area (Å²) in [4.78, 5) is 38.2. The Balaban J connectivity index is 1.96. The standard InChI is InChI=1S/C28H32N2O4/c1-19(2)16-25(30-15-8-7-14-26(30)31)28(33)29-24(18-27(32)34-4)22-12-9-11-21(17-22)23-13-6-5-10-20(23)3/h5-15,17,19,24-25H,16,18H2,1-4H3,(H,29,33)/t24-,25+/m0/s1. The molecule has 0 bridgehead atoms. The minimum atomic E-state index is -0.687. The van der Waals surface area contributed by atoms with E-state index in [1.54, 1.807) is 18.3 Å². The number of pyridine rings is 1. The van der Waals surface area contributed by atoms with Crippen molar-refractivity contribution in [3.63, 3.8) is 0 Å². The first-order chi connectivity index (χ1) is 16.3. The van der Waals surface area contributed by atoms with Crippen LogP contribution < -0.4 is 10.9 Å². The third kappa shape index (κ3) is 6.22. The normalized spacial score (nSPS) is 12.7. The number of nitrogens with zero attached hydrogens (tertiary/aromatic N) is 1. The number of ether oxygens (including phenoxy) is 1. The summed E-state index contributed by atoms with van der Waals surface area (Å²) in [7, 11) is 1.33. The molecule has 6 nitrogen and oxygen atoms in total.